The van der Waals surface area contributed by atoms with Crippen molar-refractivity contribution in [2.45, 2.75) is 64.2 Å². The number of carbonyl (C=O) groups excluding carboxylic acids is 1. The summed E-state index contributed by atoms with van der Waals surface area (Å²) in [6.07, 6.45) is 4.15. The number of nitrogens with zero attached hydrogens (tertiary/aromatic N) is 3. The molecule has 2 aromatic heterocycles. The number of hydrogen-bond acceptors (Lipinski definition) is 6. The first kappa shape index (κ1) is 19.1. The largest absolute Gasteiger partial charge is 0.454 e. The quantitative estimate of drug-likeness (QED) is 0.613. The molecule has 1 aliphatic rings. The number of nitro groups is 1. The number of amides is 1. The van der Waals surface area contributed by atoms with Crippen LogP contribution < -0.4 is 10.6 Å². The summed E-state index contributed by atoms with van der Waals surface area (Å²) in [5.74, 6) is 0.469. The third-order valence-corrected chi connectivity index (χ3v) is 4.56. The van der Waals surface area contributed by atoms with Gasteiger partial charge in [-0.3, -0.25) is 19.6 Å². The Labute approximate surface area is 157 Å². The fourth-order valence-corrected chi connectivity index (χ4v) is 3.96. The number of rotatable bonds is 5. The highest BCUT2D eigenvalue weighted by atomic mass is 16.6. The van der Waals surface area contributed by atoms with E-state index in [0.29, 0.717) is 5.76 Å². The van der Waals surface area contributed by atoms with Crippen LogP contribution in [0.1, 0.15) is 56.9 Å². The molecular weight excluding hydrogens is 350 g/mol. The highest BCUT2D eigenvalue weighted by Gasteiger charge is 2.38. The Kier molecular flexibility index (Phi) is 4.81. The SMILES string of the molecule is CC1(C)CC(NC(=O)c2ccc(Cn3cc([N+](=O)[O-])cn3)o2)CC(C)(C)N1. The highest BCUT2D eigenvalue weighted by Crippen LogP contribution is 2.28. The smallest absolute Gasteiger partial charge is 0.307 e. The van der Waals surface area contributed by atoms with Crippen LogP contribution in [0.5, 0.6) is 0 Å². The standard InChI is InChI=1S/C18H25N5O4/c1-17(2)7-12(8-18(3,4)21-17)20-16(24)15-6-5-14(27-15)11-22-10-13(9-19-22)23(25)26/h5-6,9-10,12,21H,7-8,11H2,1-4H3,(H,20,24). The maximum Gasteiger partial charge on any atom is 0.307 e. The van der Waals surface area contributed by atoms with Crippen LogP contribution in [0.3, 0.4) is 0 Å². The summed E-state index contributed by atoms with van der Waals surface area (Å²) in [5, 5.41) is 21.3. The molecule has 1 fully saturated rings. The van der Waals surface area contributed by atoms with Crippen molar-refractivity contribution in [3.63, 3.8) is 0 Å². The Morgan fingerprint density at radius 3 is 2.63 bits per heavy atom. The van der Waals surface area contributed by atoms with Crippen LogP contribution in [0.25, 0.3) is 0 Å². The summed E-state index contributed by atoms with van der Waals surface area (Å²) in [7, 11) is 0. The minimum absolute atomic E-state index is 0.0473. The van der Waals surface area contributed by atoms with E-state index in [1.54, 1.807) is 12.1 Å². The predicted octanol–water partition coefficient (Wildman–Crippen LogP) is 2.47. The van der Waals surface area contributed by atoms with Gasteiger partial charge in [-0.2, -0.15) is 5.10 Å². The van der Waals surface area contributed by atoms with E-state index in [-0.39, 0.29) is 41.0 Å². The van der Waals surface area contributed by atoms with E-state index in [0.717, 1.165) is 12.8 Å². The molecule has 0 unspecified atom stereocenters. The molecule has 1 saturated heterocycles. The van der Waals surface area contributed by atoms with Gasteiger partial charge in [0.25, 0.3) is 5.91 Å². The van der Waals surface area contributed by atoms with Crippen molar-refractivity contribution >= 4 is 11.6 Å². The molecule has 0 spiro atoms. The van der Waals surface area contributed by atoms with Gasteiger partial charge in [0.2, 0.25) is 0 Å². The summed E-state index contributed by atoms with van der Waals surface area (Å²) < 4.78 is 7.01. The molecule has 3 rings (SSSR count). The average Bonchev–Trinajstić information content (AvgIpc) is 3.13. The molecule has 9 heteroatoms. The lowest BCUT2D eigenvalue weighted by Gasteiger charge is -2.46. The van der Waals surface area contributed by atoms with E-state index < -0.39 is 4.92 Å². The van der Waals surface area contributed by atoms with Gasteiger partial charge in [0, 0.05) is 17.1 Å². The van der Waals surface area contributed by atoms with E-state index in [4.69, 9.17) is 4.42 Å². The summed E-state index contributed by atoms with van der Waals surface area (Å²) in [6, 6.07) is 3.34. The second-order valence-corrected chi connectivity index (χ2v) is 8.39. The number of piperidine rings is 1. The Hall–Kier alpha value is -2.68. The zero-order valence-corrected chi connectivity index (χ0v) is 16.0. The van der Waals surface area contributed by atoms with Gasteiger partial charge in [0.15, 0.2) is 5.76 Å². The maximum absolute atomic E-state index is 12.6. The van der Waals surface area contributed by atoms with Gasteiger partial charge in [-0.05, 0) is 52.7 Å². The minimum Gasteiger partial charge on any atom is -0.454 e. The Bertz CT molecular complexity index is 836. The summed E-state index contributed by atoms with van der Waals surface area (Å²) in [6.45, 7) is 8.72. The van der Waals surface area contributed by atoms with Gasteiger partial charge in [-0.15, -0.1) is 0 Å². The van der Waals surface area contributed by atoms with Crippen molar-refractivity contribution < 1.29 is 14.1 Å². The van der Waals surface area contributed by atoms with Crippen molar-refractivity contribution in [2.75, 3.05) is 0 Å². The number of aromatic nitrogens is 2. The lowest BCUT2D eigenvalue weighted by Crippen LogP contribution is -2.62. The summed E-state index contributed by atoms with van der Waals surface area (Å²) >= 11 is 0. The van der Waals surface area contributed by atoms with Crippen LogP contribution in [0.2, 0.25) is 0 Å². The molecule has 0 bridgehead atoms. The van der Waals surface area contributed by atoms with Crippen LogP contribution in [-0.2, 0) is 6.54 Å². The normalized spacial score (nSPS) is 19.0. The second-order valence-electron chi connectivity index (χ2n) is 8.39. The summed E-state index contributed by atoms with van der Waals surface area (Å²) in [5.41, 5.74) is -0.221. The predicted molar refractivity (Wildman–Crippen MR) is 98.5 cm³/mol. The molecule has 0 aliphatic carbocycles. The first-order valence-corrected chi connectivity index (χ1v) is 8.89. The highest BCUT2D eigenvalue weighted by molar-refractivity contribution is 5.91. The van der Waals surface area contributed by atoms with Crippen LogP contribution in [0, 0.1) is 10.1 Å². The van der Waals surface area contributed by atoms with Gasteiger partial charge in [0.05, 0.1) is 11.5 Å². The lowest BCUT2D eigenvalue weighted by molar-refractivity contribution is -0.385. The van der Waals surface area contributed by atoms with Gasteiger partial charge >= 0.3 is 5.69 Å². The average molecular weight is 375 g/mol. The molecule has 27 heavy (non-hydrogen) atoms. The van der Waals surface area contributed by atoms with Crippen LogP contribution in [-0.4, -0.2) is 37.7 Å². The summed E-state index contributed by atoms with van der Waals surface area (Å²) in [4.78, 5) is 22.8. The van der Waals surface area contributed by atoms with Crippen LogP contribution >= 0.6 is 0 Å². The van der Waals surface area contributed by atoms with Crippen molar-refractivity contribution in [3.8, 4) is 0 Å². The van der Waals surface area contributed by atoms with E-state index in [1.807, 2.05) is 0 Å². The Balaban J connectivity index is 1.63. The third kappa shape index (κ3) is 4.73. The maximum atomic E-state index is 12.6. The number of nitrogens with one attached hydrogen (secondary N) is 2. The second kappa shape index (κ2) is 6.80. The Morgan fingerprint density at radius 1 is 1.37 bits per heavy atom. The molecule has 0 atom stereocenters. The molecular formula is C18H25N5O4. The first-order chi connectivity index (χ1) is 12.5. The zero-order valence-electron chi connectivity index (χ0n) is 16.0. The molecule has 1 amide bonds. The molecule has 0 radical (unpaired) electrons. The number of furan rings is 1. The van der Waals surface area contributed by atoms with Crippen molar-refractivity contribution in [1.29, 1.82) is 0 Å². The number of hydrogen-bond donors (Lipinski definition) is 2. The van der Waals surface area contributed by atoms with E-state index in [1.165, 1.54) is 17.1 Å². The van der Waals surface area contributed by atoms with Gasteiger partial charge in [-0.25, -0.2) is 0 Å². The van der Waals surface area contributed by atoms with Crippen LogP contribution in [0.4, 0.5) is 5.69 Å². The topological polar surface area (TPSA) is 115 Å². The molecule has 0 saturated carbocycles. The Morgan fingerprint density at radius 2 is 2.04 bits per heavy atom. The van der Waals surface area contributed by atoms with Crippen molar-refractivity contribution in [1.82, 2.24) is 20.4 Å². The fourth-order valence-electron chi connectivity index (χ4n) is 3.96. The van der Waals surface area contributed by atoms with Crippen LogP contribution in [0.15, 0.2) is 28.9 Å². The number of carbonyl (C=O) groups is 1. The molecule has 9 nitrogen and oxygen atoms in total. The minimum atomic E-state index is -0.507. The van der Waals surface area contributed by atoms with E-state index >= 15 is 0 Å². The third-order valence-electron chi connectivity index (χ3n) is 4.56. The fraction of sp³-hybridized carbons (Fsp3) is 0.556. The first-order valence-electron chi connectivity index (χ1n) is 8.89. The van der Waals surface area contributed by atoms with Gasteiger partial charge < -0.3 is 15.1 Å². The van der Waals surface area contributed by atoms with E-state index in [2.05, 4.69) is 43.4 Å². The molecule has 2 N–H and O–H groups in total. The van der Waals surface area contributed by atoms with E-state index in [9.17, 15) is 14.9 Å². The van der Waals surface area contributed by atoms with Gasteiger partial charge in [0.1, 0.15) is 18.2 Å². The molecule has 3 heterocycles. The molecule has 1 aliphatic heterocycles. The molecule has 0 aromatic carbocycles. The van der Waals surface area contributed by atoms with Crippen molar-refractivity contribution in [3.05, 3.63) is 46.2 Å². The monoisotopic (exact) mass is 375 g/mol. The van der Waals surface area contributed by atoms with Crippen molar-refractivity contribution in [2.24, 2.45) is 0 Å². The molecule has 146 valence electrons. The molecule has 2 aromatic rings. The zero-order chi connectivity index (χ0) is 19.8. The lowest BCUT2D eigenvalue weighted by atomic mass is 9.79. The van der Waals surface area contributed by atoms with Gasteiger partial charge in [-0.1, -0.05) is 0 Å².